The Labute approximate surface area is 176 Å². The molecule has 30 heavy (non-hydrogen) atoms. The molecule has 0 fully saturated rings. The zero-order valence-corrected chi connectivity index (χ0v) is 17.8. The lowest BCUT2D eigenvalue weighted by molar-refractivity contribution is 0.253. The summed E-state index contributed by atoms with van der Waals surface area (Å²) in [5, 5.41) is 0. The number of ether oxygens (including phenoxy) is 1. The van der Waals surface area contributed by atoms with E-state index in [1.54, 1.807) is 51.3 Å². The number of hydrogen-bond acceptors (Lipinski definition) is 4. The van der Waals surface area contributed by atoms with Gasteiger partial charge >= 0.3 is 6.03 Å². The second-order valence-corrected chi connectivity index (χ2v) is 8.95. The quantitative estimate of drug-likeness (QED) is 0.614. The highest BCUT2D eigenvalue weighted by Crippen LogP contribution is 2.40. The smallest absolute Gasteiger partial charge is 0.343 e. The Balaban J connectivity index is 1.90. The van der Waals surface area contributed by atoms with Gasteiger partial charge in [-0.3, -0.25) is 4.90 Å². The molecule has 7 heteroatoms. The van der Waals surface area contributed by atoms with Crippen LogP contribution in [0.3, 0.4) is 0 Å². The Hall–Kier alpha value is -3.32. The maximum atomic E-state index is 13.6. The van der Waals surface area contributed by atoms with E-state index < -0.39 is 16.1 Å². The van der Waals surface area contributed by atoms with Crippen LogP contribution in [0.2, 0.25) is 0 Å². The van der Waals surface area contributed by atoms with Gasteiger partial charge in [-0.25, -0.2) is 13.2 Å². The molecule has 6 nitrogen and oxygen atoms in total. The first-order chi connectivity index (χ1) is 14.3. The first-order valence-corrected chi connectivity index (χ1v) is 10.9. The van der Waals surface area contributed by atoms with Gasteiger partial charge in [0.15, 0.2) is 0 Å². The van der Waals surface area contributed by atoms with Crippen molar-refractivity contribution in [2.75, 3.05) is 16.3 Å². The average molecular weight is 423 g/mol. The van der Waals surface area contributed by atoms with Crippen molar-refractivity contribution in [3.63, 3.8) is 0 Å². The van der Waals surface area contributed by atoms with Gasteiger partial charge in [-0.15, -0.1) is 0 Å². The summed E-state index contributed by atoms with van der Waals surface area (Å²) in [5.74, 6) is 0.671. The van der Waals surface area contributed by atoms with E-state index in [-0.39, 0.29) is 11.4 Å². The molecule has 1 aliphatic rings. The van der Waals surface area contributed by atoms with E-state index in [0.717, 1.165) is 9.87 Å². The van der Waals surface area contributed by atoms with E-state index in [4.69, 9.17) is 4.74 Å². The number of carbonyl (C=O) groups excluding carboxylic acids is 1. The second-order valence-electron chi connectivity index (χ2n) is 7.20. The third-order valence-electron chi connectivity index (χ3n) is 5.20. The molecule has 0 aliphatic carbocycles. The van der Waals surface area contributed by atoms with Crippen LogP contribution in [-0.2, 0) is 16.6 Å². The fraction of sp³-hybridized carbons (Fsp3) is 0.174. The summed E-state index contributed by atoms with van der Waals surface area (Å²) in [6, 6.07) is 18.8. The van der Waals surface area contributed by atoms with Crippen LogP contribution < -0.4 is 13.9 Å². The lowest BCUT2D eigenvalue weighted by Gasteiger charge is -2.37. The van der Waals surface area contributed by atoms with Gasteiger partial charge in [-0.05, 0) is 54.8 Å². The Morgan fingerprint density at radius 3 is 2.27 bits per heavy atom. The summed E-state index contributed by atoms with van der Waals surface area (Å²) < 4.78 is 33.2. The Kier molecular flexibility index (Phi) is 4.99. The molecule has 0 aromatic heterocycles. The van der Waals surface area contributed by atoms with Crippen LogP contribution in [0.1, 0.15) is 16.7 Å². The average Bonchev–Trinajstić information content (AvgIpc) is 2.73. The number of urea groups is 1. The van der Waals surface area contributed by atoms with E-state index >= 15 is 0 Å². The van der Waals surface area contributed by atoms with Gasteiger partial charge in [0.2, 0.25) is 0 Å². The first-order valence-electron chi connectivity index (χ1n) is 9.49. The van der Waals surface area contributed by atoms with E-state index in [2.05, 4.69) is 0 Å². The van der Waals surface area contributed by atoms with Crippen molar-refractivity contribution < 1.29 is 17.9 Å². The normalized spacial score (nSPS) is 15.1. The standard InChI is InChI=1S/C23H22N2O4S/c1-16-8-6-9-17(2)22(16)25-23(26)24(15-18-10-7-11-19(14-18)29-3)20-12-4-5-13-21(20)30(25,27)28/h4-14H,15H2,1-3H3. The molecule has 1 aliphatic heterocycles. The highest BCUT2D eigenvalue weighted by molar-refractivity contribution is 7.94. The van der Waals surface area contributed by atoms with E-state index in [9.17, 15) is 13.2 Å². The number of benzene rings is 3. The number of para-hydroxylation sites is 2. The topological polar surface area (TPSA) is 66.9 Å². The number of amides is 2. The minimum absolute atomic E-state index is 0.107. The molecular formula is C23H22N2O4S. The number of nitrogens with zero attached hydrogens (tertiary/aromatic N) is 2. The molecule has 2 amide bonds. The van der Waals surface area contributed by atoms with Crippen molar-refractivity contribution in [2.24, 2.45) is 0 Å². The number of carbonyl (C=O) groups is 1. The largest absolute Gasteiger partial charge is 0.497 e. The van der Waals surface area contributed by atoms with Gasteiger partial charge in [-0.2, -0.15) is 4.31 Å². The monoisotopic (exact) mass is 422 g/mol. The number of fused-ring (bicyclic) bond motifs is 1. The maximum absolute atomic E-state index is 13.6. The molecule has 4 rings (SSSR count). The number of rotatable bonds is 4. The minimum Gasteiger partial charge on any atom is -0.497 e. The van der Waals surface area contributed by atoms with Crippen LogP contribution in [-0.4, -0.2) is 21.6 Å². The lowest BCUT2D eigenvalue weighted by atomic mass is 10.1. The predicted octanol–water partition coefficient (Wildman–Crippen LogP) is 4.65. The SMILES string of the molecule is COc1cccc(CN2C(=O)N(c3c(C)cccc3C)S(=O)(=O)c3ccccc32)c1. The Morgan fingerprint density at radius 2 is 1.57 bits per heavy atom. The first kappa shape index (κ1) is 20.0. The van der Waals surface area contributed by atoms with Crippen molar-refractivity contribution in [2.45, 2.75) is 25.3 Å². The van der Waals surface area contributed by atoms with E-state index in [0.29, 0.717) is 28.3 Å². The highest BCUT2D eigenvalue weighted by atomic mass is 32.2. The lowest BCUT2D eigenvalue weighted by Crippen LogP contribution is -2.51. The fourth-order valence-electron chi connectivity index (χ4n) is 3.76. The number of hydrogen-bond donors (Lipinski definition) is 0. The van der Waals surface area contributed by atoms with E-state index in [1.807, 2.05) is 30.3 Å². The predicted molar refractivity (Wildman–Crippen MR) is 117 cm³/mol. The molecule has 0 saturated carbocycles. The molecular weight excluding hydrogens is 400 g/mol. The van der Waals surface area contributed by atoms with Crippen LogP contribution in [0.25, 0.3) is 0 Å². The van der Waals surface area contributed by atoms with Crippen LogP contribution in [0, 0.1) is 13.8 Å². The van der Waals surface area contributed by atoms with Crippen LogP contribution >= 0.6 is 0 Å². The number of methoxy groups -OCH3 is 1. The summed E-state index contributed by atoms with van der Waals surface area (Å²) in [6.07, 6.45) is 0. The van der Waals surface area contributed by atoms with Gasteiger partial charge in [0.25, 0.3) is 10.0 Å². The Morgan fingerprint density at radius 1 is 0.900 bits per heavy atom. The van der Waals surface area contributed by atoms with Crippen LogP contribution in [0.4, 0.5) is 16.2 Å². The summed E-state index contributed by atoms with van der Waals surface area (Å²) in [7, 11) is -2.47. The van der Waals surface area contributed by atoms with Crippen LogP contribution in [0.15, 0.2) is 71.6 Å². The number of aryl methyl sites for hydroxylation is 2. The molecule has 3 aromatic carbocycles. The minimum atomic E-state index is -4.05. The van der Waals surface area contributed by atoms with Crippen molar-refractivity contribution >= 4 is 27.4 Å². The molecule has 0 spiro atoms. The highest BCUT2D eigenvalue weighted by Gasteiger charge is 2.43. The van der Waals surface area contributed by atoms with Crippen molar-refractivity contribution in [1.82, 2.24) is 0 Å². The summed E-state index contributed by atoms with van der Waals surface area (Å²) in [4.78, 5) is 15.2. The van der Waals surface area contributed by atoms with Gasteiger partial charge in [-0.1, -0.05) is 42.5 Å². The second kappa shape index (κ2) is 7.50. The molecule has 154 valence electrons. The summed E-state index contributed by atoms with van der Waals surface area (Å²) >= 11 is 0. The maximum Gasteiger partial charge on any atom is 0.343 e. The van der Waals surface area contributed by atoms with Crippen molar-refractivity contribution in [3.05, 3.63) is 83.4 Å². The molecule has 0 unspecified atom stereocenters. The summed E-state index contributed by atoms with van der Waals surface area (Å²) in [5.41, 5.74) is 3.03. The third kappa shape index (κ3) is 3.21. The molecule has 0 saturated heterocycles. The van der Waals surface area contributed by atoms with Gasteiger partial charge in [0.05, 0.1) is 25.0 Å². The van der Waals surface area contributed by atoms with Crippen molar-refractivity contribution in [1.29, 1.82) is 0 Å². The Bertz CT molecular complexity index is 1220. The zero-order chi connectivity index (χ0) is 21.5. The molecule has 0 radical (unpaired) electrons. The molecule has 0 N–H and O–H groups in total. The molecule has 0 atom stereocenters. The molecule has 0 bridgehead atoms. The van der Waals surface area contributed by atoms with Gasteiger partial charge in [0, 0.05) is 0 Å². The van der Waals surface area contributed by atoms with E-state index in [1.165, 1.54) is 11.0 Å². The van der Waals surface area contributed by atoms with Crippen LogP contribution in [0.5, 0.6) is 5.75 Å². The number of anilines is 2. The van der Waals surface area contributed by atoms with Crippen molar-refractivity contribution in [3.8, 4) is 5.75 Å². The third-order valence-corrected chi connectivity index (χ3v) is 6.92. The molecule has 3 aromatic rings. The zero-order valence-electron chi connectivity index (χ0n) is 17.0. The summed E-state index contributed by atoms with van der Waals surface area (Å²) in [6.45, 7) is 3.82. The van der Waals surface area contributed by atoms with Gasteiger partial charge in [0.1, 0.15) is 10.6 Å². The fourth-order valence-corrected chi connectivity index (χ4v) is 5.48. The number of sulfonamides is 1. The van der Waals surface area contributed by atoms with Gasteiger partial charge < -0.3 is 4.74 Å². The molecule has 1 heterocycles.